The van der Waals surface area contributed by atoms with Crippen molar-refractivity contribution in [1.29, 1.82) is 0 Å². The highest BCUT2D eigenvalue weighted by Crippen LogP contribution is 2.30. The lowest BCUT2D eigenvalue weighted by Gasteiger charge is -2.50. The molecule has 166 valence electrons. The van der Waals surface area contributed by atoms with E-state index in [1.54, 1.807) is 0 Å². The molecule has 0 spiro atoms. The smallest absolute Gasteiger partial charge is 0.343 e. The van der Waals surface area contributed by atoms with E-state index in [1.165, 1.54) is 24.4 Å². The normalized spacial score (nSPS) is 14.6. The van der Waals surface area contributed by atoms with E-state index in [0.717, 1.165) is 13.1 Å². The maximum atomic E-state index is 12.1. The first-order chi connectivity index (χ1) is 15.6. The van der Waals surface area contributed by atoms with Gasteiger partial charge in [0.05, 0.1) is 25.9 Å². The number of halogens is 1. The molecule has 0 saturated carbocycles. The molecule has 7 nitrogen and oxygen atoms in total. The maximum Gasteiger partial charge on any atom is 0.343 e. The van der Waals surface area contributed by atoms with Gasteiger partial charge in [0.1, 0.15) is 11.4 Å². The third-order valence-electron chi connectivity index (χ3n) is 5.59. The molecular weight excluding hydrogens is 428 g/mol. The molecule has 8 heteroatoms. The zero-order valence-electron chi connectivity index (χ0n) is 17.8. The summed E-state index contributed by atoms with van der Waals surface area (Å²) < 4.78 is 10.5. The number of hydrogen-bond acceptors (Lipinski definition) is 7. The van der Waals surface area contributed by atoms with E-state index < -0.39 is 5.97 Å². The van der Waals surface area contributed by atoms with Crippen LogP contribution in [0.2, 0.25) is 5.28 Å². The molecule has 1 aromatic heterocycles. The molecule has 1 saturated heterocycles. The van der Waals surface area contributed by atoms with Gasteiger partial charge in [-0.05, 0) is 22.7 Å². The van der Waals surface area contributed by atoms with Crippen LogP contribution in [-0.2, 0) is 22.6 Å². The number of benzene rings is 2. The van der Waals surface area contributed by atoms with Gasteiger partial charge < -0.3 is 14.8 Å². The fraction of sp³-hybridized carbons (Fsp3) is 0.292. The van der Waals surface area contributed by atoms with Crippen molar-refractivity contribution in [3.63, 3.8) is 0 Å². The van der Waals surface area contributed by atoms with Crippen molar-refractivity contribution >= 4 is 23.4 Å². The number of hydrogen-bond donors (Lipinski definition) is 1. The summed E-state index contributed by atoms with van der Waals surface area (Å²) >= 11 is 5.99. The van der Waals surface area contributed by atoms with Crippen molar-refractivity contribution in [3.8, 4) is 0 Å². The number of aromatic nitrogens is 2. The highest BCUT2D eigenvalue weighted by atomic mass is 35.5. The average Bonchev–Trinajstić information content (AvgIpc) is 2.79. The third kappa shape index (κ3) is 5.07. The molecule has 1 fully saturated rings. The van der Waals surface area contributed by atoms with Gasteiger partial charge in [-0.2, -0.15) is 4.98 Å². The molecule has 1 aliphatic heterocycles. The fourth-order valence-electron chi connectivity index (χ4n) is 3.74. The summed E-state index contributed by atoms with van der Waals surface area (Å²) in [6.07, 6.45) is 1.37. The number of carbonyl (C=O) groups is 1. The molecule has 0 amide bonds. The van der Waals surface area contributed by atoms with Crippen LogP contribution in [0.4, 0.5) is 5.82 Å². The highest BCUT2D eigenvalue weighted by Gasteiger charge is 2.44. The largest absolute Gasteiger partial charge is 0.465 e. The van der Waals surface area contributed by atoms with Crippen molar-refractivity contribution in [2.75, 3.05) is 32.2 Å². The first-order valence-corrected chi connectivity index (χ1v) is 10.7. The van der Waals surface area contributed by atoms with E-state index in [4.69, 9.17) is 21.1 Å². The molecule has 2 heterocycles. The van der Waals surface area contributed by atoms with Crippen LogP contribution in [0.25, 0.3) is 0 Å². The molecule has 0 radical (unpaired) electrons. The predicted molar refractivity (Wildman–Crippen MR) is 123 cm³/mol. The van der Waals surface area contributed by atoms with E-state index in [1.807, 2.05) is 36.4 Å². The van der Waals surface area contributed by atoms with Crippen LogP contribution in [0.1, 0.15) is 21.5 Å². The first-order valence-electron chi connectivity index (χ1n) is 10.3. The second-order valence-electron chi connectivity index (χ2n) is 7.79. The van der Waals surface area contributed by atoms with Gasteiger partial charge in [-0.1, -0.05) is 60.7 Å². The van der Waals surface area contributed by atoms with E-state index in [0.29, 0.717) is 25.6 Å². The van der Waals surface area contributed by atoms with Gasteiger partial charge in [-0.15, -0.1) is 0 Å². The fourth-order valence-corrected chi connectivity index (χ4v) is 3.87. The number of esters is 1. The standard InChI is InChI=1S/C24H25ClN4O3/c1-31-22(30)20-12-26-23(25)28-21(20)27-15-24(16-32-17-24)29(13-18-8-4-2-5-9-18)14-19-10-6-3-7-11-19/h2-12H,13-17H2,1H3,(H,26,27,28). The predicted octanol–water partition coefficient (Wildman–Crippen LogP) is 3.80. The van der Waals surface area contributed by atoms with Gasteiger partial charge in [-0.3, -0.25) is 4.90 Å². The highest BCUT2D eigenvalue weighted by molar-refractivity contribution is 6.28. The van der Waals surface area contributed by atoms with Gasteiger partial charge in [0.25, 0.3) is 0 Å². The summed E-state index contributed by atoms with van der Waals surface area (Å²) in [4.78, 5) is 22.7. The molecule has 0 unspecified atom stereocenters. The van der Waals surface area contributed by atoms with Crippen LogP contribution in [0, 0.1) is 0 Å². The second kappa shape index (κ2) is 10.1. The van der Waals surface area contributed by atoms with Gasteiger partial charge in [-0.25, -0.2) is 9.78 Å². The molecule has 32 heavy (non-hydrogen) atoms. The van der Waals surface area contributed by atoms with Crippen molar-refractivity contribution < 1.29 is 14.3 Å². The quantitative estimate of drug-likeness (QED) is 0.391. The molecule has 4 rings (SSSR count). The average molecular weight is 453 g/mol. The summed E-state index contributed by atoms with van der Waals surface area (Å²) in [5.74, 6) is -0.170. The minimum absolute atomic E-state index is 0.0597. The maximum absolute atomic E-state index is 12.1. The molecule has 1 aliphatic rings. The number of nitrogens with zero attached hydrogens (tertiary/aromatic N) is 3. The van der Waals surface area contributed by atoms with Crippen LogP contribution >= 0.6 is 11.6 Å². The van der Waals surface area contributed by atoms with Crippen molar-refractivity contribution in [3.05, 3.63) is 88.8 Å². The Morgan fingerprint density at radius 3 is 2.19 bits per heavy atom. The number of nitrogens with one attached hydrogen (secondary N) is 1. The summed E-state index contributed by atoms with van der Waals surface area (Å²) in [6, 6.07) is 20.7. The van der Waals surface area contributed by atoms with Gasteiger partial charge in [0, 0.05) is 25.8 Å². The van der Waals surface area contributed by atoms with E-state index in [9.17, 15) is 4.79 Å². The Balaban J connectivity index is 1.59. The zero-order chi connectivity index (χ0) is 22.4. The van der Waals surface area contributed by atoms with E-state index in [-0.39, 0.29) is 16.4 Å². The van der Waals surface area contributed by atoms with Crippen LogP contribution in [0.3, 0.4) is 0 Å². The Morgan fingerprint density at radius 1 is 1.09 bits per heavy atom. The molecule has 0 bridgehead atoms. The van der Waals surface area contributed by atoms with Crippen molar-refractivity contribution in [2.45, 2.75) is 18.6 Å². The number of ether oxygens (including phenoxy) is 2. The number of carbonyl (C=O) groups excluding carboxylic acids is 1. The second-order valence-corrected chi connectivity index (χ2v) is 8.13. The molecule has 3 aromatic rings. The first kappa shape index (κ1) is 22.2. The molecule has 0 atom stereocenters. The molecular formula is C24H25ClN4O3. The minimum atomic E-state index is -0.520. The summed E-state index contributed by atoms with van der Waals surface area (Å²) in [6.45, 7) is 3.16. The SMILES string of the molecule is COC(=O)c1cnc(Cl)nc1NCC1(N(Cc2ccccc2)Cc2ccccc2)COC1. The van der Waals surface area contributed by atoms with Gasteiger partial charge in [0.2, 0.25) is 5.28 Å². The monoisotopic (exact) mass is 452 g/mol. The van der Waals surface area contributed by atoms with Crippen molar-refractivity contribution in [1.82, 2.24) is 14.9 Å². The van der Waals surface area contributed by atoms with E-state index >= 15 is 0 Å². The third-order valence-corrected chi connectivity index (χ3v) is 5.78. The number of rotatable bonds is 9. The summed E-state index contributed by atoms with van der Waals surface area (Å²) in [5, 5.41) is 3.37. The van der Waals surface area contributed by atoms with Crippen molar-refractivity contribution in [2.24, 2.45) is 0 Å². The van der Waals surface area contributed by atoms with Crippen LogP contribution in [0.5, 0.6) is 0 Å². The summed E-state index contributed by atoms with van der Waals surface area (Å²) in [5.41, 5.74) is 2.39. The Labute approximate surface area is 192 Å². The summed E-state index contributed by atoms with van der Waals surface area (Å²) in [7, 11) is 1.32. The van der Waals surface area contributed by atoms with Gasteiger partial charge in [0.15, 0.2) is 0 Å². The van der Waals surface area contributed by atoms with Crippen LogP contribution in [-0.4, -0.2) is 53.2 Å². The molecule has 2 aromatic carbocycles. The number of methoxy groups -OCH3 is 1. The molecule has 1 N–H and O–H groups in total. The Morgan fingerprint density at radius 2 is 1.69 bits per heavy atom. The lowest BCUT2D eigenvalue weighted by Crippen LogP contribution is -2.65. The Bertz CT molecular complexity index is 1000. The number of anilines is 1. The van der Waals surface area contributed by atoms with Crippen LogP contribution in [0.15, 0.2) is 66.9 Å². The van der Waals surface area contributed by atoms with Crippen LogP contribution < -0.4 is 5.32 Å². The topological polar surface area (TPSA) is 76.6 Å². The molecule has 0 aliphatic carbocycles. The Kier molecular flexibility index (Phi) is 6.99. The lowest BCUT2D eigenvalue weighted by molar-refractivity contribution is -0.140. The zero-order valence-corrected chi connectivity index (χ0v) is 18.6. The Hall–Kier alpha value is -3.00. The lowest BCUT2D eigenvalue weighted by atomic mass is 9.92. The van der Waals surface area contributed by atoms with E-state index in [2.05, 4.69) is 44.5 Å². The van der Waals surface area contributed by atoms with Gasteiger partial charge >= 0.3 is 5.97 Å². The minimum Gasteiger partial charge on any atom is -0.465 e.